The lowest BCUT2D eigenvalue weighted by Crippen LogP contribution is -2.31. The summed E-state index contributed by atoms with van der Waals surface area (Å²) in [4.78, 5) is 22.5. The van der Waals surface area contributed by atoms with Crippen LogP contribution in [-0.4, -0.2) is 25.0 Å². The number of rotatable bonds is 4. The number of nitrogens with one attached hydrogen (secondary N) is 1. The lowest BCUT2D eigenvalue weighted by atomic mass is 10.1. The molecule has 3 N–H and O–H groups in total. The van der Waals surface area contributed by atoms with Crippen molar-refractivity contribution in [1.82, 2.24) is 5.32 Å². The van der Waals surface area contributed by atoms with Gasteiger partial charge in [0.1, 0.15) is 12.4 Å². The number of carbonyl (C=O) groups is 2. The predicted octanol–water partition coefficient (Wildman–Crippen LogP) is 0.701. The molecule has 1 aromatic carbocycles. The van der Waals surface area contributed by atoms with Crippen LogP contribution in [0.15, 0.2) is 18.2 Å². The van der Waals surface area contributed by atoms with E-state index in [1.165, 1.54) is 6.07 Å². The van der Waals surface area contributed by atoms with Gasteiger partial charge < -0.3 is 15.8 Å². The molecule has 1 rings (SSSR count). The van der Waals surface area contributed by atoms with Crippen molar-refractivity contribution in [3.63, 3.8) is 0 Å². The Balaban J connectivity index is 2.64. The summed E-state index contributed by atoms with van der Waals surface area (Å²) < 4.78 is 17.5. The second-order valence-corrected chi connectivity index (χ2v) is 3.22. The van der Waals surface area contributed by atoms with Crippen molar-refractivity contribution in [3.05, 3.63) is 29.6 Å². The number of ether oxygens (including phenoxy) is 1. The van der Waals surface area contributed by atoms with Crippen molar-refractivity contribution in [1.29, 1.82) is 0 Å². The number of halogens is 1. The van der Waals surface area contributed by atoms with Crippen LogP contribution in [0.4, 0.5) is 10.1 Å². The Labute approximate surface area is 97.7 Å². The Kier molecular flexibility index (Phi) is 4.45. The van der Waals surface area contributed by atoms with Crippen LogP contribution >= 0.6 is 0 Å². The average molecular weight is 240 g/mol. The Morgan fingerprint density at radius 3 is 2.82 bits per heavy atom. The number of nitrogens with two attached hydrogens (primary N) is 1. The molecule has 6 heteroatoms. The first-order chi connectivity index (χ1) is 8.04. The van der Waals surface area contributed by atoms with Crippen LogP contribution in [0.1, 0.15) is 17.3 Å². The normalized spacial score (nSPS) is 9.76. The third-order valence-electron chi connectivity index (χ3n) is 1.96. The zero-order valence-corrected chi connectivity index (χ0v) is 9.33. The highest BCUT2D eigenvalue weighted by atomic mass is 19.1. The number of hydrogen-bond acceptors (Lipinski definition) is 4. The molecule has 0 atom stereocenters. The molecule has 0 aliphatic rings. The highest BCUT2D eigenvalue weighted by Gasteiger charge is 2.12. The summed E-state index contributed by atoms with van der Waals surface area (Å²) in [6.07, 6.45) is 0. The van der Waals surface area contributed by atoms with Crippen molar-refractivity contribution < 1.29 is 18.7 Å². The standard InChI is InChI=1S/C11H13FN2O3/c1-2-17-10(15)6-14-11(16)8-5-7(12)3-4-9(8)13/h3-5H,2,6,13H2,1H3,(H,14,16). The lowest BCUT2D eigenvalue weighted by molar-refractivity contribution is -0.141. The van der Waals surface area contributed by atoms with Gasteiger partial charge in [-0.25, -0.2) is 4.39 Å². The summed E-state index contributed by atoms with van der Waals surface area (Å²) in [5.74, 6) is -1.74. The highest BCUT2D eigenvalue weighted by Crippen LogP contribution is 2.12. The molecule has 17 heavy (non-hydrogen) atoms. The fraction of sp³-hybridized carbons (Fsp3) is 0.273. The highest BCUT2D eigenvalue weighted by molar-refractivity contribution is 6.00. The van der Waals surface area contributed by atoms with Gasteiger partial charge in [-0.3, -0.25) is 9.59 Å². The van der Waals surface area contributed by atoms with E-state index in [1.54, 1.807) is 6.92 Å². The summed E-state index contributed by atoms with van der Waals surface area (Å²) in [5, 5.41) is 2.29. The number of anilines is 1. The van der Waals surface area contributed by atoms with Crippen molar-refractivity contribution in [2.75, 3.05) is 18.9 Å². The van der Waals surface area contributed by atoms with Gasteiger partial charge in [-0.05, 0) is 25.1 Å². The third-order valence-corrected chi connectivity index (χ3v) is 1.96. The van der Waals surface area contributed by atoms with Gasteiger partial charge in [-0.1, -0.05) is 0 Å². The molecular formula is C11H13FN2O3. The van der Waals surface area contributed by atoms with Crippen molar-refractivity contribution in [3.8, 4) is 0 Å². The van der Waals surface area contributed by atoms with E-state index in [-0.39, 0.29) is 24.4 Å². The second-order valence-electron chi connectivity index (χ2n) is 3.22. The molecule has 0 aliphatic carbocycles. The zero-order valence-electron chi connectivity index (χ0n) is 9.33. The number of benzene rings is 1. The van der Waals surface area contributed by atoms with E-state index in [4.69, 9.17) is 5.73 Å². The molecule has 5 nitrogen and oxygen atoms in total. The van der Waals surface area contributed by atoms with Gasteiger partial charge in [0.05, 0.1) is 12.2 Å². The minimum atomic E-state index is -0.616. The molecule has 0 bridgehead atoms. The summed E-state index contributed by atoms with van der Waals surface area (Å²) in [6.45, 7) is 1.61. The van der Waals surface area contributed by atoms with Crippen molar-refractivity contribution in [2.24, 2.45) is 0 Å². The lowest BCUT2D eigenvalue weighted by Gasteiger charge is -2.07. The van der Waals surface area contributed by atoms with Gasteiger partial charge in [0.15, 0.2) is 0 Å². The zero-order chi connectivity index (χ0) is 12.8. The van der Waals surface area contributed by atoms with Gasteiger partial charge in [-0.2, -0.15) is 0 Å². The molecule has 0 aliphatic heterocycles. The van der Waals surface area contributed by atoms with Crippen molar-refractivity contribution >= 4 is 17.6 Å². The number of esters is 1. The summed E-state index contributed by atoms with van der Waals surface area (Å²) in [6, 6.07) is 3.45. The van der Waals surface area contributed by atoms with Gasteiger partial charge in [0.2, 0.25) is 0 Å². The van der Waals surface area contributed by atoms with Gasteiger partial charge >= 0.3 is 5.97 Å². The first-order valence-electron chi connectivity index (χ1n) is 5.03. The van der Waals surface area contributed by atoms with E-state index in [2.05, 4.69) is 10.1 Å². The van der Waals surface area contributed by atoms with Gasteiger partial charge in [0.25, 0.3) is 5.91 Å². The first kappa shape index (κ1) is 13.0. The van der Waals surface area contributed by atoms with Crippen LogP contribution in [0, 0.1) is 5.82 Å². The van der Waals surface area contributed by atoms with E-state index < -0.39 is 17.7 Å². The van der Waals surface area contributed by atoms with E-state index >= 15 is 0 Å². The number of hydrogen-bond donors (Lipinski definition) is 2. The maximum atomic E-state index is 12.9. The summed E-state index contributed by atoms with van der Waals surface area (Å²) in [5.41, 5.74) is 5.65. The molecule has 0 spiro atoms. The summed E-state index contributed by atoms with van der Waals surface area (Å²) >= 11 is 0. The number of carbonyl (C=O) groups excluding carboxylic acids is 2. The predicted molar refractivity (Wildman–Crippen MR) is 59.8 cm³/mol. The molecule has 0 radical (unpaired) electrons. The Morgan fingerprint density at radius 2 is 2.18 bits per heavy atom. The number of nitrogen functional groups attached to an aromatic ring is 1. The van der Waals surface area contributed by atoms with Crippen LogP contribution in [0.3, 0.4) is 0 Å². The fourth-order valence-electron chi connectivity index (χ4n) is 1.18. The molecule has 1 aromatic rings. The molecule has 0 fully saturated rings. The van der Waals surface area contributed by atoms with Crippen LogP contribution in [-0.2, 0) is 9.53 Å². The van der Waals surface area contributed by atoms with E-state index in [0.29, 0.717) is 0 Å². The maximum Gasteiger partial charge on any atom is 0.325 e. The van der Waals surface area contributed by atoms with E-state index in [1.807, 2.05) is 0 Å². The first-order valence-corrected chi connectivity index (χ1v) is 5.03. The molecule has 0 saturated heterocycles. The van der Waals surface area contributed by atoms with Gasteiger partial charge in [-0.15, -0.1) is 0 Å². The molecular weight excluding hydrogens is 227 g/mol. The maximum absolute atomic E-state index is 12.9. The molecule has 0 unspecified atom stereocenters. The minimum Gasteiger partial charge on any atom is -0.465 e. The quantitative estimate of drug-likeness (QED) is 0.599. The average Bonchev–Trinajstić information content (AvgIpc) is 2.29. The van der Waals surface area contributed by atoms with Crippen LogP contribution in [0.5, 0.6) is 0 Å². The smallest absolute Gasteiger partial charge is 0.325 e. The fourth-order valence-corrected chi connectivity index (χ4v) is 1.18. The molecule has 0 heterocycles. The Morgan fingerprint density at radius 1 is 1.47 bits per heavy atom. The van der Waals surface area contributed by atoms with E-state index in [9.17, 15) is 14.0 Å². The largest absolute Gasteiger partial charge is 0.465 e. The summed E-state index contributed by atoms with van der Waals surface area (Å²) in [7, 11) is 0. The second kappa shape index (κ2) is 5.83. The van der Waals surface area contributed by atoms with Crippen LogP contribution in [0.2, 0.25) is 0 Å². The molecule has 0 aromatic heterocycles. The van der Waals surface area contributed by atoms with Crippen molar-refractivity contribution in [2.45, 2.75) is 6.92 Å². The molecule has 0 saturated carbocycles. The SMILES string of the molecule is CCOC(=O)CNC(=O)c1cc(F)ccc1N. The number of amides is 1. The topological polar surface area (TPSA) is 81.4 Å². The Bertz CT molecular complexity index is 435. The minimum absolute atomic E-state index is 0.00528. The van der Waals surface area contributed by atoms with E-state index in [0.717, 1.165) is 12.1 Å². The monoisotopic (exact) mass is 240 g/mol. The molecule has 92 valence electrons. The van der Waals surface area contributed by atoms with Crippen LogP contribution in [0.25, 0.3) is 0 Å². The Hall–Kier alpha value is -2.11. The molecule has 1 amide bonds. The third kappa shape index (κ3) is 3.75. The van der Waals surface area contributed by atoms with Gasteiger partial charge in [0, 0.05) is 5.69 Å². The van der Waals surface area contributed by atoms with Crippen LogP contribution < -0.4 is 11.1 Å².